The lowest BCUT2D eigenvalue weighted by molar-refractivity contribution is 0.301. The summed E-state index contributed by atoms with van der Waals surface area (Å²) in [5.74, 6) is -7.63. The first-order valence-corrected chi connectivity index (χ1v) is 4.66. The maximum Gasteiger partial charge on any atom is 0.115 e. The second kappa shape index (κ2) is 5.90. The van der Waals surface area contributed by atoms with Crippen LogP contribution in [0.5, 0.6) is 5.75 Å². The van der Waals surface area contributed by atoms with Crippen LogP contribution >= 0.6 is 0 Å². The quantitative estimate of drug-likeness (QED) is 0.845. The Labute approximate surface area is 116 Å². The molecular formula is C14H23NO. The zero-order chi connectivity index (χ0) is 22.6. The molecule has 1 aromatic rings. The summed E-state index contributed by atoms with van der Waals surface area (Å²) in [6.07, 6.45) is -3.69. The Kier molecular flexibility index (Phi) is 1.48. The molecule has 0 aromatic heterocycles. The molecule has 0 amide bonds. The number of aromatic hydroxyl groups is 1. The molecule has 0 saturated heterocycles. The van der Waals surface area contributed by atoms with E-state index in [1.807, 2.05) is 0 Å². The van der Waals surface area contributed by atoms with E-state index in [1.165, 1.54) is 0 Å². The molecule has 2 atom stereocenters. The van der Waals surface area contributed by atoms with Crippen LogP contribution in [0, 0.1) is 5.89 Å². The average Bonchev–Trinajstić information content (AvgIpc) is 2.50. The molecule has 0 spiro atoms. The summed E-state index contributed by atoms with van der Waals surface area (Å²) < 4.78 is 96.5. The van der Waals surface area contributed by atoms with Crippen LogP contribution in [0.25, 0.3) is 0 Å². The summed E-state index contributed by atoms with van der Waals surface area (Å²) in [4.78, 5) is 0.689. The minimum Gasteiger partial charge on any atom is -0.508 e. The van der Waals surface area contributed by atoms with Crippen molar-refractivity contribution in [2.45, 2.75) is 26.0 Å². The third kappa shape index (κ3) is 3.53. The van der Waals surface area contributed by atoms with Crippen LogP contribution in [0.4, 0.5) is 0 Å². The fourth-order valence-corrected chi connectivity index (χ4v) is 1.22. The molecule has 0 saturated carbocycles. The summed E-state index contributed by atoms with van der Waals surface area (Å²) in [7, 11) is 2.20. The standard InChI is InChI=1S/C14H23NO/c1-5-14(11(2)10-15(3)4)12-7-6-8-13(16)9-12/h6-9,11,14,16H,5,10H2,1-4H3/t11-,14+/m1/s1/i1D3,2D3,5D2,10D2,11D,14D. The van der Waals surface area contributed by atoms with Crippen molar-refractivity contribution in [2.24, 2.45) is 5.89 Å². The minimum atomic E-state index is -3.69. The van der Waals surface area contributed by atoms with Crippen LogP contribution in [-0.2, 0) is 0 Å². The Morgan fingerprint density at radius 2 is 2.38 bits per heavy atom. The highest BCUT2D eigenvalue weighted by Crippen LogP contribution is 2.30. The number of nitrogens with zero attached hydrogens (tertiary/aromatic N) is 1. The first kappa shape index (κ1) is 4.02. The number of phenols is 1. The summed E-state index contributed by atoms with van der Waals surface area (Å²) in [6, 6.07) is 4.04. The van der Waals surface area contributed by atoms with Crippen molar-refractivity contribution in [3.8, 4) is 5.75 Å². The highest BCUT2D eigenvalue weighted by Gasteiger charge is 2.18. The molecule has 0 bridgehead atoms. The van der Waals surface area contributed by atoms with Gasteiger partial charge in [0, 0.05) is 22.9 Å². The maximum absolute atomic E-state index is 9.77. The first-order chi connectivity index (χ1) is 12.2. The van der Waals surface area contributed by atoms with E-state index in [-0.39, 0.29) is 0 Å². The van der Waals surface area contributed by atoms with Crippen LogP contribution in [0.2, 0.25) is 0 Å². The van der Waals surface area contributed by atoms with Crippen LogP contribution in [0.3, 0.4) is 0 Å². The van der Waals surface area contributed by atoms with E-state index < -0.39 is 49.7 Å². The van der Waals surface area contributed by atoms with Gasteiger partial charge in [-0.15, -0.1) is 0 Å². The molecule has 0 fully saturated rings. The third-order valence-corrected chi connectivity index (χ3v) is 1.85. The predicted octanol–water partition coefficient (Wildman–Crippen LogP) is 3.08. The minimum absolute atomic E-state index is 0.520. The van der Waals surface area contributed by atoms with Crippen LogP contribution in [0.1, 0.15) is 48.0 Å². The molecule has 2 heteroatoms. The fourth-order valence-electron chi connectivity index (χ4n) is 1.22. The zero-order valence-corrected chi connectivity index (χ0v) is 9.20. The number of hydrogen-bond donors (Lipinski definition) is 1. The number of phenolic OH excluding ortho intramolecular Hbond substituents is 1. The summed E-state index contributed by atoms with van der Waals surface area (Å²) in [5, 5.41) is 9.77. The highest BCUT2D eigenvalue weighted by atomic mass is 16.3. The van der Waals surface area contributed by atoms with Crippen molar-refractivity contribution in [3.05, 3.63) is 29.8 Å². The Hall–Kier alpha value is -1.02. The van der Waals surface area contributed by atoms with E-state index in [9.17, 15) is 5.11 Å². The summed E-state index contributed by atoms with van der Waals surface area (Å²) >= 11 is 0. The summed E-state index contributed by atoms with van der Waals surface area (Å²) in [5.41, 5.74) is -0.648. The van der Waals surface area contributed by atoms with Crippen molar-refractivity contribution in [3.63, 3.8) is 0 Å². The van der Waals surface area contributed by atoms with Crippen LogP contribution < -0.4 is 0 Å². The predicted molar refractivity (Wildman–Crippen MR) is 68.9 cm³/mol. The third-order valence-electron chi connectivity index (χ3n) is 1.85. The molecule has 2 nitrogen and oxygen atoms in total. The molecule has 0 radical (unpaired) electrons. The van der Waals surface area contributed by atoms with E-state index in [2.05, 4.69) is 0 Å². The van der Waals surface area contributed by atoms with Gasteiger partial charge in [-0.25, -0.2) is 0 Å². The van der Waals surface area contributed by atoms with Gasteiger partial charge < -0.3 is 10.0 Å². The van der Waals surface area contributed by atoms with Gasteiger partial charge in [-0.2, -0.15) is 0 Å². The summed E-state index contributed by atoms with van der Waals surface area (Å²) in [6.45, 7) is -10.4. The zero-order valence-electron chi connectivity index (χ0n) is 21.2. The molecule has 1 aromatic carbocycles. The van der Waals surface area contributed by atoms with E-state index in [0.717, 1.165) is 38.4 Å². The number of benzene rings is 1. The lowest BCUT2D eigenvalue weighted by Gasteiger charge is -2.26. The van der Waals surface area contributed by atoms with E-state index in [1.54, 1.807) is 0 Å². The fraction of sp³-hybridized carbons (Fsp3) is 0.571. The molecule has 1 N–H and O–H groups in total. The Morgan fingerprint density at radius 1 is 1.56 bits per heavy atom. The van der Waals surface area contributed by atoms with Crippen LogP contribution in [-0.4, -0.2) is 30.6 Å². The molecule has 1 rings (SSSR count). The molecule has 0 aliphatic carbocycles. The topological polar surface area (TPSA) is 23.5 Å². The molecule has 0 aliphatic rings. The molecule has 0 aliphatic heterocycles. The first-order valence-electron chi connectivity index (χ1n) is 10.7. The van der Waals surface area contributed by atoms with E-state index in [4.69, 9.17) is 16.4 Å². The molecule has 90 valence electrons. The van der Waals surface area contributed by atoms with Gasteiger partial charge in [0.25, 0.3) is 0 Å². The Balaban J connectivity index is 4.20. The van der Waals surface area contributed by atoms with Gasteiger partial charge in [-0.1, -0.05) is 25.8 Å². The SMILES string of the molecule is [2H]C([2H])([2H])C([2H])([2H])[C@]([2H])(c1cccc(O)c1)[C@]([2H])(C([2H])([2H])[2H])C([2H])([2H])N(C)C. The van der Waals surface area contributed by atoms with Crippen LogP contribution in [0.15, 0.2) is 24.3 Å². The smallest absolute Gasteiger partial charge is 0.115 e. The Bertz CT molecular complexity index is 713. The normalized spacial score (nSPS) is 33.4. The molecule has 16 heavy (non-hydrogen) atoms. The maximum atomic E-state index is 9.77. The van der Waals surface area contributed by atoms with Crippen molar-refractivity contribution in [2.75, 3.05) is 20.6 Å². The van der Waals surface area contributed by atoms with Crippen molar-refractivity contribution < 1.29 is 21.6 Å². The van der Waals surface area contributed by atoms with Crippen molar-refractivity contribution >= 4 is 0 Å². The lowest BCUT2D eigenvalue weighted by Crippen LogP contribution is -2.24. The van der Waals surface area contributed by atoms with Gasteiger partial charge >= 0.3 is 0 Å². The van der Waals surface area contributed by atoms with Gasteiger partial charge in [0.15, 0.2) is 0 Å². The molecule has 0 unspecified atom stereocenters. The number of hydrogen-bond acceptors (Lipinski definition) is 2. The van der Waals surface area contributed by atoms with Crippen molar-refractivity contribution in [1.29, 1.82) is 0 Å². The monoisotopic (exact) mass is 233 g/mol. The van der Waals surface area contributed by atoms with E-state index >= 15 is 0 Å². The largest absolute Gasteiger partial charge is 0.508 e. The molecular weight excluding hydrogens is 198 g/mol. The average molecular weight is 233 g/mol. The second-order valence-corrected chi connectivity index (χ2v) is 3.43. The van der Waals surface area contributed by atoms with Gasteiger partial charge in [-0.05, 0) is 50.0 Å². The second-order valence-electron chi connectivity index (χ2n) is 3.43. The van der Waals surface area contributed by atoms with Gasteiger partial charge in [-0.3, -0.25) is 0 Å². The Morgan fingerprint density at radius 3 is 2.94 bits per heavy atom. The van der Waals surface area contributed by atoms with E-state index in [0.29, 0.717) is 4.90 Å². The molecule has 0 heterocycles. The van der Waals surface area contributed by atoms with Gasteiger partial charge in [0.1, 0.15) is 5.75 Å². The highest BCUT2D eigenvalue weighted by molar-refractivity contribution is 5.30. The van der Waals surface area contributed by atoms with Gasteiger partial charge in [0.05, 0.1) is 0 Å². The van der Waals surface area contributed by atoms with Gasteiger partial charge in [0.2, 0.25) is 0 Å². The van der Waals surface area contributed by atoms with Crippen molar-refractivity contribution in [1.82, 2.24) is 4.90 Å². The lowest BCUT2D eigenvalue weighted by atomic mass is 9.85. The number of rotatable bonds is 5.